The van der Waals surface area contributed by atoms with E-state index in [2.05, 4.69) is 0 Å². The van der Waals surface area contributed by atoms with Gasteiger partial charge in [0, 0.05) is 12.8 Å². The van der Waals surface area contributed by atoms with E-state index in [1.807, 2.05) is 0 Å². The van der Waals surface area contributed by atoms with E-state index in [0.29, 0.717) is 6.42 Å². The van der Waals surface area contributed by atoms with Gasteiger partial charge < -0.3 is 14.6 Å². The van der Waals surface area contributed by atoms with Crippen LogP contribution in [0.25, 0.3) is 0 Å². The van der Waals surface area contributed by atoms with Gasteiger partial charge in [-0.3, -0.25) is 0 Å². The molecule has 0 bridgehead atoms. The van der Waals surface area contributed by atoms with E-state index in [-0.39, 0.29) is 18.3 Å². The van der Waals surface area contributed by atoms with Crippen LogP contribution in [0.4, 0.5) is 0 Å². The summed E-state index contributed by atoms with van der Waals surface area (Å²) in [5, 5.41) is 8.42. The number of carbonyl (C=O) groups is 2. The first-order valence-corrected chi connectivity index (χ1v) is 3.27. The Morgan fingerprint density at radius 1 is 1.91 bits per heavy atom. The Labute approximate surface area is 63.5 Å². The van der Waals surface area contributed by atoms with Gasteiger partial charge in [0.05, 0.1) is 0 Å². The van der Waals surface area contributed by atoms with Crippen LogP contribution in [0.3, 0.4) is 0 Å². The third-order valence-corrected chi connectivity index (χ3v) is 1.43. The molecule has 0 aliphatic carbocycles. The first-order valence-electron chi connectivity index (χ1n) is 3.27. The first-order chi connectivity index (χ1) is 5.24. The summed E-state index contributed by atoms with van der Waals surface area (Å²) in [6.45, 7) is 0. The summed E-state index contributed by atoms with van der Waals surface area (Å²) in [5.74, 6) is -1.12. The Morgan fingerprint density at radius 2 is 2.64 bits per heavy atom. The molecular formula is C7H8O4. The van der Waals surface area contributed by atoms with Crippen molar-refractivity contribution in [3.05, 3.63) is 11.8 Å². The predicted octanol–water partition coefficient (Wildman–Crippen LogP) is 0.333. The molecule has 0 spiro atoms. The molecule has 4 heteroatoms. The van der Waals surface area contributed by atoms with E-state index in [1.165, 1.54) is 6.08 Å². The zero-order valence-corrected chi connectivity index (χ0v) is 5.82. The van der Waals surface area contributed by atoms with Crippen LogP contribution in [-0.4, -0.2) is 23.5 Å². The maximum Gasteiger partial charge on any atom is 0.370 e. The summed E-state index contributed by atoms with van der Waals surface area (Å²) in [5.41, 5.74) is 0. The second kappa shape index (κ2) is 3.18. The number of hydrogen-bond acceptors (Lipinski definition) is 3. The molecular weight excluding hydrogens is 148 g/mol. The average Bonchev–Trinajstić information content (AvgIpc) is 2.37. The van der Waals surface area contributed by atoms with Gasteiger partial charge >= 0.3 is 5.97 Å². The van der Waals surface area contributed by atoms with E-state index < -0.39 is 5.97 Å². The van der Waals surface area contributed by atoms with Crippen LogP contribution in [-0.2, 0) is 14.3 Å². The highest BCUT2D eigenvalue weighted by Crippen LogP contribution is 2.18. The lowest BCUT2D eigenvalue weighted by molar-refractivity contribution is -0.137. The van der Waals surface area contributed by atoms with Crippen LogP contribution >= 0.6 is 0 Å². The van der Waals surface area contributed by atoms with Gasteiger partial charge in [0.15, 0.2) is 0 Å². The van der Waals surface area contributed by atoms with Crippen LogP contribution in [0.2, 0.25) is 0 Å². The summed E-state index contributed by atoms with van der Waals surface area (Å²) in [6.07, 6.45) is 2.71. The van der Waals surface area contributed by atoms with Crippen LogP contribution in [0.15, 0.2) is 11.8 Å². The molecule has 0 fully saturated rings. The molecule has 0 radical (unpaired) electrons. The van der Waals surface area contributed by atoms with Crippen molar-refractivity contribution in [3.63, 3.8) is 0 Å². The van der Waals surface area contributed by atoms with E-state index >= 15 is 0 Å². The molecule has 11 heavy (non-hydrogen) atoms. The minimum absolute atomic E-state index is 0.0446. The monoisotopic (exact) mass is 156 g/mol. The lowest BCUT2D eigenvalue weighted by atomic mass is 10.2. The molecule has 0 saturated heterocycles. The van der Waals surface area contributed by atoms with E-state index in [4.69, 9.17) is 9.84 Å². The zero-order chi connectivity index (χ0) is 8.27. The molecule has 1 aliphatic rings. The van der Waals surface area contributed by atoms with Crippen molar-refractivity contribution in [2.24, 2.45) is 0 Å². The van der Waals surface area contributed by atoms with Crippen molar-refractivity contribution in [2.75, 3.05) is 0 Å². The number of hydrogen-bond donors (Lipinski definition) is 1. The number of carbonyl (C=O) groups excluding carboxylic acids is 1. The van der Waals surface area contributed by atoms with Gasteiger partial charge in [0.25, 0.3) is 0 Å². The van der Waals surface area contributed by atoms with Crippen molar-refractivity contribution in [2.45, 2.75) is 18.9 Å². The number of carboxylic acids is 1. The third kappa shape index (κ3) is 1.80. The maximum atomic E-state index is 10.3. The molecule has 1 unspecified atom stereocenters. The molecule has 0 saturated carbocycles. The Hall–Kier alpha value is -1.32. The normalized spacial score (nSPS) is 22.2. The lowest BCUT2D eigenvalue weighted by Gasteiger charge is -2.06. The highest BCUT2D eigenvalue weighted by atomic mass is 16.5. The minimum Gasteiger partial charge on any atom is -0.483 e. The molecule has 0 aromatic carbocycles. The molecule has 1 heterocycles. The number of ether oxygens (including phenoxy) is 1. The van der Waals surface area contributed by atoms with E-state index in [1.54, 1.807) is 0 Å². The molecule has 0 aromatic rings. The number of rotatable bonds is 3. The standard InChI is InChI=1S/C7H8O4/c8-4-3-5-1-2-6(11-5)7(9)10/h2,4-5H,1,3H2,(H,9,10). The second-order valence-corrected chi connectivity index (χ2v) is 2.25. The van der Waals surface area contributed by atoms with Crippen LogP contribution in [0, 0.1) is 0 Å². The minimum atomic E-state index is -1.07. The highest BCUT2D eigenvalue weighted by Gasteiger charge is 2.21. The molecule has 1 atom stereocenters. The molecule has 1 rings (SSSR count). The fourth-order valence-corrected chi connectivity index (χ4v) is 0.904. The van der Waals surface area contributed by atoms with Gasteiger partial charge in [-0.25, -0.2) is 4.79 Å². The topological polar surface area (TPSA) is 63.6 Å². The maximum absolute atomic E-state index is 10.3. The van der Waals surface area contributed by atoms with Crippen LogP contribution in [0.5, 0.6) is 0 Å². The van der Waals surface area contributed by atoms with Crippen molar-refractivity contribution in [1.82, 2.24) is 0 Å². The predicted molar refractivity (Wildman–Crippen MR) is 35.9 cm³/mol. The van der Waals surface area contributed by atoms with Crippen LogP contribution < -0.4 is 0 Å². The molecule has 60 valence electrons. The van der Waals surface area contributed by atoms with Gasteiger partial charge in [-0.1, -0.05) is 0 Å². The van der Waals surface area contributed by atoms with E-state index in [0.717, 1.165) is 6.29 Å². The van der Waals surface area contributed by atoms with Gasteiger partial charge in [-0.2, -0.15) is 0 Å². The van der Waals surface area contributed by atoms with Gasteiger partial charge in [0.2, 0.25) is 5.76 Å². The Bertz CT molecular complexity index is 206. The lowest BCUT2D eigenvalue weighted by Crippen LogP contribution is -2.09. The Balaban J connectivity index is 2.42. The van der Waals surface area contributed by atoms with Gasteiger partial charge in [0.1, 0.15) is 12.4 Å². The molecule has 0 aromatic heterocycles. The largest absolute Gasteiger partial charge is 0.483 e. The second-order valence-electron chi connectivity index (χ2n) is 2.25. The number of aliphatic carboxylic acids is 1. The Kier molecular flexibility index (Phi) is 2.25. The fourth-order valence-electron chi connectivity index (χ4n) is 0.904. The molecule has 4 nitrogen and oxygen atoms in total. The summed E-state index contributed by atoms with van der Waals surface area (Å²) < 4.78 is 4.89. The fraction of sp³-hybridized carbons (Fsp3) is 0.429. The first kappa shape index (κ1) is 7.78. The Morgan fingerprint density at radius 3 is 3.09 bits per heavy atom. The van der Waals surface area contributed by atoms with Crippen molar-refractivity contribution < 1.29 is 19.4 Å². The SMILES string of the molecule is O=CCC1CC=C(C(=O)O)O1. The molecule has 1 aliphatic heterocycles. The van der Waals surface area contributed by atoms with E-state index in [9.17, 15) is 9.59 Å². The highest BCUT2D eigenvalue weighted by molar-refractivity contribution is 5.84. The quantitative estimate of drug-likeness (QED) is 0.598. The summed E-state index contributed by atoms with van der Waals surface area (Å²) in [7, 11) is 0. The van der Waals surface area contributed by atoms with Gasteiger partial charge in [-0.05, 0) is 6.08 Å². The van der Waals surface area contributed by atoms with Crippen molar-refractivity contribution in [1.29, 1.82) is 0 Å². The summed E-state index contributed by atoms with van der Waals surface area (Å²) in [4.78, 5) is 20.3. The molecule has 1 N–H and O–H groups in total. The zero-order valence-electron chi connectivity index (χ0n) is 5.82. The van der Waals surface area contributed by atoms with Crippen molar-refractivity contribution >= 4 is 12.3 Å². The number of aldehydes is 1. The third-order valence-electron chi connectivity index (χ3n) is 1.43. The van der Waals surface area contributed by atoms with Crippen LogP contribution in [0.1, 0.15) is 12.8 Å². The average molecular weight is 156 g/mol. The van der Waals surface area contributed by atoms with Gasteiger partial charge in [-0.15, -0.1) is 0 Å². The smallest absolute Gasteiger partial charge is 0.370 e. The van der Waals surface area contributed by atoms with Crippen molar-refractivity contribution in [3.8, 4) is 0 Å². The summed E-state index contributed by atoms with van der Waals surface area (Å²) >= 11 is 0. The molecule has 0 amide bonds. The number of carboxylic acid groups (broad SMARTS) is 1. The summed E-state index contributed by atoms with van der Waals surface area (Å²) in [6, 6.07) is 0.